The fourth-order valence-electron chi connectivity index (χ4n) is 2.95. The molecule has 3 amide bonds. The molecule has 1 heterocycles. The fraction of sp³-hybridized carbons (Fsp3) is 0.200. The quantitative estimate of drug-likeness (QED) is 0.290. The Balaban J connectivity index is 1.52. The number of carbonyl (C=O) groups is 4. The standard InChI is InChI=1S/C20H17N3O8/c1-30-12-6-7-16(23(28)29)15(10-12)21-17(24)11-31-18(25)8-9-22-19(26)13-4-2-3-5-14(13)20(22)27/h2-7,10H,8-9,11H2,1H3,(H,21,24). The first-order chi connectivity index (χ1) is 14.8. The highest BCUT2D eigenvalue weighted by atomic mass is 16.6. The van der Waals surface area contributed by atoms with Crippen LogP contribution in [-0.4, -0.2) is 53.8 Å². The lowest BCUT2D eigenvalue weighted by atomic mass is 10.1. The molecule has 11 heteroatoms. The fourth-order valence-corrected chi connectivity index (χ4v) is 2.95. The predicted molar refractivity (Wildman–Crippen MR) is 106 cm³/mol. The van der Waals surface area contributed by atoms with Crippen molar-refractivity contribution in [3.8, 4) is 5.75 Å². The van der Waals surface area contributed by atoms with Gasteiger partial charge in [-0.25, -0.2) is 0 Å². The molecule has 0 aliphatic carbocycles. The average molecular weight is 427 g/mol. The average Bonchev–Trinajstić information content (AvgIpc) is 3.00. The maximum atomic E-state index is 12.3. The van der Waals surface area contributed by atoms with Crippen molar-refractivity contribution in [1.82, 2.24) is 4.90 Å². The number of methoxy groups -OCH3 is 1. The van der Waals surface area contributed by atoms with Gasteiger partial charge in [-0.05, 0) is 18.2 Å². The summed E-state index contributed by atoms with van der Waals surface area (Å²) in [6, 6.07) is 10.1. The number of hydrogen-bond acceptors (Lipinski definition) is 8. The van der Waals surface area contributed by atoms with Gasteiger partial charge in [-0.1, -0.05) is 12.1 Å². The Morgan fingerprint density at radius 2 is 1.74 bits per heavy atom. The van der Waals surface area contributed by atoms with Crippen LogP contribution in [0, 0.1) is 10.1 Å². The molecule has 1 aliphatic rings. The number of nitrogens with zero attached hydrogens (tertiary/aromatic N) is 2. The van der Waals surface area contributed by atoms with Gasteiger partial charge in [0, 0.05) is 18.7 Å². The van der Waals surface area contributed by atoms with Gasteiger partial charge >= 0.3 is 5.97 Å². The first-order valence-electron chi connectivity index (χ1n) is 9.05. The molecule has 0 radical (unpaired) electrons. The molecule has 0 bridgehead atoms. The number of rotatable bonds is 8. The van der Waals surface area contributed by atoms with E-state index < -0.39 is 35.2 Å². The Morgan fingerprint density at radius 1 is 1.10 bits per heavy atom. The molecule has 0 atom stereocenters. The van der Waals surface area contributed by atoms with Crippen molar-refractivity contribution < 1.29 is 33.6 Å². The first-order valence-corrected chi connectivity index (χ1v) is 9.05. The Morgan fingerprint density at radius 3 is 2.32 bits per heavy atom. The zero-order valence-corrected chi connectivity index (χ0v) is 16.3. The van der Waals surface area contributed by atoms with Gasteiger partial charge in [0.25, 0.3) is 23.4 Å². The largest absolute Gasteiger partial charge is 0.497 e. The van der Waals surface area contributed by atoms with Crippen LogP contribution in [0.3, 0.4) is 0 Å². The van der Waals surface area contributed by atoms with E-state index in [0.29, 0.717) is 5.75 Å². The summed E-state index contributed by atoms with van der Waals surface area (Å²) in [5, 5.41) is 13.4. The topological polar surface area (TPSA) is 145 Å². The van der Waals surface area contributed by atoms with Crippen LogP contribution in [0.4, 0.5) is 11.4 Å². The van der Waals surface area contributed by atoms with Crippen molar-refractivity contribution in [2.45, 2.75) is 6.42 Å². The van der Waals surface area contributed by atoms with Gasteiger partial charge in [0.2, 0.25) is 0 Å². The Labute approximate surface area is 175 Å². The first kappa shape index (κ1) is 21.4. The van der Waals surface area contributed by atoms with Crippen LogP contribution in [0.25, 0.3) is 0 Å². The number of anilines is 1. The number of carbonyl (C=O) groups excluding carboxylic acids is 4. The van der Waals surface area contributed by atoms with Gasteiger partial charge in [0.05, 0.1) is 29.6 Å². The van der Waals surface area contributed by atoms with Crippen LogP contribution in [0.2, 0.25) is 0 Å². The second-order valence-corrected chi connectivity index (χ2v) is 6.41. The number of nitrogens with one attached hydrogen (secondary N) is 1. The lowest BCUT2D eigenvalue weighted by molar-refractivity contribution is -0.383. The zero-order chi connectivity index (χ0) is 22.5. The molecule has 31 heavy (non-hydrogen) atoms. The molecule has 0 saturated heterocycles. The lowest BCUT2D eigenvalue weighted by Gasteiger charge is -2.13. The molecule has 11 nitrogen and oxygen atoms in total. The Hall–Kier alpha value is -4.28. The number of nitro benzene ring substituents is 1. The van der Waals surface area contributed by atoms with Crippen LogP contribution in [0.5, 0.6) is 5.75 Å². The second-order valence-electron chi connectivity index (χ2n) is 6.41. The van der Waals surface area contributed by atoms with E-state index in [1.54, 1.807) is 12.1 Å². The highest BCUT2D eigenvalue weighted by Crippen LogP contribution is 2.28. The van der Waals surface area contributed by atoms with Gasteiger partial charge in [-0.2, -0.15) is 0 Å². The molecule has 0 fully saturated rings. The van der Waals surface area contributed by atoms with Crippen LogP contribution in [0.15, 0.2) is 42.5 Å². The summed E-state index contributed by atoms with van der Waals surface area (Å²) >= 11 is 0. The molecule has 2 aromatic carbocycles. The van der Waals surface area contributed by atoms with E-state index in [-0.39, 0.29) is 35.5 Å². The van der Waals surface area contributed by atoms with Crippen molar-refractivity contribution in [3.63, 3.8) is 0 Å². The normalized spacial score (nSPS) is 12.4. The molecular formula is C20H17N3O8. The minimum Gasteiger partial charge on any atom is -0.497 e. The molecule has 2 aromatic rings. The summed E-state index contributed by atoms with van der Waals surface area (Å²) in [5.41, 5.74) is 0.0581. The summed E-state index contributed by atoms with van der Waals surface area (Å²) in [7, 11) is 1.36. The predicted octanol–water partition coefficient (Wildman–Crippen LogP) is 1.77. The van der Waals surface area contributed by atoms with Gasteiger partial charge in [-0.3, -0.25) is 34.2 Å². The highest BCUT2D eigenvalue weighted by molar-refractivity contribution is 6.21. The van der Waals surface area contributed by atoms with E-state index in [2.05, 4.69) is 5.32 Å². The van der Waals surface area contributed by atoms with Crippen LogP contribution < -0.4 is 10.1 Å². The number of nitro groups is 1. The van der Waals surface area contributed by atoms with Crippen molar-refractivity contribution in [3.05, 3.63) is 63.7 Å². The summed E-state index contributed by atoms with van der Waals surface area (Å²) in [6.07, 6.45) is -0.307. The maximum Gasteiger partial charge on any atom is 0.308 e. The summed E-state index contributed by atoms with van der Waals surface area (Å²) in [5.74, 6) is -2.33. The molecule has 160 valence electrons. The molecule has 0 aromatic heterocycles. The molecule has 3 rings (SSSR count). The Bertz CT molecular complexity index is 1050. The number of benzene rings is 2. The van der Waals surface area contributed by atoms with Crippen LogP contribution in [-0.2, 0) is 14.3 Å². The molecule has 1 aliphatic heterocycles. The van der Waals surface area contributed by atoms with Crippen molar-refractivity contribution in [2.24, 2.45) is 0 Å². The third-order valence-electron chi connectivity index (χ3n) is 4.46. The van der Waals surface area contributed by atoms with E-state index in [0.717, 1.165) is 4.90 Å². The Kier molecular flexibility index (Phi) is 6.24. The van der Waals surface area contributed by atoms with Crippen molar-refractivity contribution in [1.29, 1.82) is 0 Å². The summed E-state index contributed by atoms with van der Waals surface area (Å²) in [4.78, 5) is 59.8. The number of hydrogen-bond donors (Lipinski definition) is 1. The molecular weight excluding hydrogens is 410 g/mol. The van der Waals surface area contributed by atoms with E-state index >= 15 is 0 Å². The zero-order valence-electron chi connectivity index (χ0n) is 16.3. The minimum absolute atomic E-state index is 0.114. The summed E-state index contributed by atoms with van der Waals surface area (Å²) < 4.78 is 9.81. The lowest BCUT2D eigenvalue weighted by Crippen LogP contribution is -2.32. The smallest absolute Gasteiger partial charge is 0.308 e. The van der Waals surface area contributed by atoms with Crippen molar-refractivity contribution in [2.75, 3.05) is 25.6 Å². The number of imide groups is 1. The number of ether oxygens (including phenoxy) is 2. The van der Waals surface area contributed by atoms with E-state index in [1.165, 1.54) is 37.4 Å². The van der Waals surface area contributed by atoms with E-state index in [1.807, 2.05) is 0 Å². The van der Waals surface area contributed by atoms with Gasteiger partial charge < -0.3 is 14.8 Å². The van der Waals surface area contributed by atoms with E-state index in [9.17, 15) is 29.3 Å². The molecule has 0 unspecified atom stereocenters. The third kappa shape index (κ3) is 4.66. The number of amides is 3. The summed E-state index contributed by atoms with van der Waals surface area (Å²) in [6.45, 7) is -0.899. The number of fused-ring (bicyclic) bond motifs is 1. The molecule has 1 N–H and O–H groups in total. The van der Waals surface area contributed by atoms with Gasteiger partial charge in [0.15, 0.2) is 6.61 Å². The maximum absolute atomic E-state index is 12.3. The highest BCUT2D eigenvalue weighted by Gasteiger charge is 2.35. The number of esters is 1. The van der Waals surface area contributed by atoms with Gasteiger partial charge in [0.1, 0.15) is 11.4 Å². The third-order valence-corrected chi connectivity index (χ3v) is 4.46. The monoisotopic (exact) mass is 427 g/mol. The van der Waals surface area contributed by atoms with Crippen LogP contribution >= 0.6 is 0 Å². The van der Waals surface area contributed by atoms with E-state index in [4.69, 9.17) is 9.47 Å². The SMILES string of the molecule is COc1ccc([N+](=O)[O-])c(NC(=O)COC(=O)CCN2C(=O)c3ccccc3C2=O)c1. The molecule has 0 saturated carbocycles. The van der Waals surface area contributed by atoms with Gasteiger partial charge in [-0.15, -0.1) is 0 Å². The second kappa shape index (κ2) is 9.03. The van der Waals surface area contributed by atoms with Crippen LogP contribution in [0.1, 0.15) is 27.1 Å². The minimum atomic E-state index is -0.813. The molecule has 0 spiro atoms. The van der Waals surface area contributed by atoms with Crippen molar-refractivity contribution >= 4 is 35.1 Å².